The Balaban J connectivity index is 3.54. The van der Waals surface area contributed by atoms with Gasteiger partial charge in [0.2, 0.25) is 0 Å². The van der Waals surface area contributed by atoms with Gasteiger partial charge in [0.1, 0.15) is 0 Å². The largest absolute Gasteiger partial charge is 0.478 e. The fourth-order valence-electron chi connectivity index (χ4n) is 2.21. The van der Waals surface area contributed by atoms with E-state index in [0.29, 0.717) is 23.4 Å². The highest BCUT2D eigenvalue weighted by atomic mass is 32.2. The Morgan fingerprint density at radius 1 is 1.30 bits per heavy atom. The molecular weight excluding hydrogens is 390 g/mol. The number of benzene rings is 1. The topological polar surface area (TPSA) is 110 Å². The molecule has 1 N–H and O–H groups in total. The van der Waals surface area contributed by atoms with Crippen LogP contribution in [0, 0.1) is 4.91 Å². The van der Waals surface area contributed by atoms with Crippen molar-refractivity contribution in [3.05, 3.63) is 76.8 Å². The van der Waals surface area contributed by atoms with E-state index in [9.17, 15) is 23.2 Å². The molecule has 1 aromatic rings. The van der Waals surface area contributed by atoms with Gasteiger partial charge in [-0.15, -0.1) is 4.91 Å². The number of nitrogens with zero attached hydrogens (tertiary/aromatic N) is 1. The molecule has 7 nitrogen and oxygen atoms in total. The number of rotatable bonds is 10. The number of hydrogen-bond acceptors (Lipinski definition) is 7. The van der Waals surface area contributed by atoms with Crippen LogP contribution in [0.25, 0.3) is 5.57 Å². The lowest BCUT2D eigenvalue weighted by molar-refractivity contribution is -0.132. The summed E-state index contributed by atoms with van der Waals surface area (Å²) in [5, 5.41) is 9.69. The molecule has 0 aliphatic carbocycles. The van der Waals surface area contributed by atoms with E-state index in [0.717, 1.165) is 6.26 Å². The van der Waals surface area contributed by atoms with E-state index in [4.69, 9.17) is 4.18 Å². The van der Waals surface area contributed by atoms with Crippen molar-refractivity contribution < 1.29 is 22.5 Å². The van der Waals surface area contributed by atoms with Crippen molar-refractivity contribution in [2.45, 2.75) is 11.8 Å². The predicted molar refractivity (Wildman–Crippen MR) is 107 cm³/mol. The molecule has 0 atom stereocenters. The number of nitroso groups, excluding NO2 is 1. The van der Waals surface area contributed by atoms with Gasteiger partial charge in [-0.3, -0.25) is 4.18 Å². The Bertz CT molecular complexity index is 896. The second-order valence-corrected chi connectivity index (χ2v) is 7.89. The van der Waals surface area contributed by atoms with Crippen LogP contribution in [0.4, 0.5) is 0 Å². The van der Waals surface area contributed by atoms with Gasteiger partial charge in [-0.05, 0) is 30.2 Å². The normalized spacial score (nSPS) is 13.3. The van der Waals surface area contributed by atoms with Gasteiger partial charge < -0.3 is 5.11 Å². The minimum atomic E-state index is -3.39. The van der Waals surface area contributed by atoms with Gasteiger partial charge in [0.25, 0.3) is 0 Å². The molecule has 0 unspecified atom stereocenters. The second kappa shape index (κ2) is 10.6. The van der Waals surface area contributed by atoms with Gasteiger partial charge in [0.05, 0.1) is 17.1 Å². The van der Waals surface area contributed by atoms with Crippen LogP contribution in [0.3, 0.4) is 0 Å². The van der Waals surface area contributed by atoms with Gasteiger partial charge in [-0.1, -0.05) is 43.0 Å². The maximum absolute atomic E-state index is 11.9. The van der Waals surface area contributed by atoms with Crippen LogP contribution in [-0.2, 0) is 18.8 Å². The molecule has 1 aromatic carbocycles. The van der Waals surface area contributed by atoms with E-state index in [-0.39, 0.29) is 22.6 Å². The molecule has 0 spiro atoms. The Hall–Kier alpha value is -2.49. The highest BCUT2D eigenvalue weighted by molar-refractivity contribution is 7.93. The summed E-state index contributed by atoms with van der Waals surface area (Å²) in [6.45, 7) is 4.94. The summed E-state index contributed by atoms with van der Waals surface area (Å²) in [5.41, 5.74) is 1.14. The third-order valence-electron chi connectivity index (χ3n) is 3.42. The van der Waals surface area contributed by atoms with Crippen LogP contribution in [0.1, 0.15) is 12.5 Å². The Morgan fingerprint density at radius 3 is 2.41 bits per heavy atom. The first-order valence-electron chi connectivity index (χ1n) is 7.57. The Morgan fingerprint density at radius 2 is 1.93 bits per heavy atom. The first kappa shape index (κ1) is 22.6. The molecule has 1 rings (SSSR count). The number of sulfone groups is 1. The molecule has 0 aliphatic rings. The highest BCUT2D eigenvalue weighted by Crippen LogP contribution is 2.27. The van der Waals surface area contributed by atoms with Gasteiger partial charge in [0, 0.05) is 16.4 Å². The van der Waals surface area contributed by atoms with Gasteiger partial charge in [-0.25, -0.2) is 13.2 Å². The summed E-state index contributed by atoms with van der Waals surface area (Å²) < 4.78 is 30.8. The van der Waals surface area contributed by atoms with Crippen molar-refractivity contribution >= 4 is 33.6 Å². The minimum absolute atomic E-state index is 0.0256. The molecule has 9 heteroatoms. The number of carbonyl (C=O) groups is 1. The second-order valence-electron chi connectivity index (χ2n) is 5.34. The Labute approximate surface area is 162 Å². The summed E-state index contributed by atoms with van der Waals surface area (Å²) in [6, 6.07) is 5.74. The fraction of sp³-hybridized carbons (Fsp3) is 0.167. The van der Waals surface area contributed by atoms with Crippen LogP contribution in [0.5, 0.6) is 0 Å². The predicted octanol–water partition coefficient (Wildman–Crippen LogP) is 3.96. The van der Waals surface area contributed by atoms with E-state index in [1.165, 1.54) is 24.3 Å². The van der Waals surface area contributed by atoms with Gasteiger partial charge >= 0.3 is 5.97 Å². The molecule has 144 valence electrons. The Kier molecular flexibility index (Phi) is 8.86. The monoisotopic (exact) mass is 409 g/mol. The van der Waals surface area contributed by atoms with Gasteiger partial charge in [0.15, 0.2) is 22.1 Å². The van der Waals surface area contributed by atoms with Crippen molar-refractivity contribution in [2.24, 2.45) is 4.58 Å². The lowest BCUT2D eigenvalue weighted by atomic mass is 9.95. The minimum Gasteiger partial charge on any atom is -0.478 e. The maximum Gasteiger partial charge on any atom is 0.336 e. The zero-order chi connectivity index (χ0) is 20.4. The lowest BCUT2D eigenvalue weighted by Crippen LogP contribution is -2.09. The molecule has 0 aliphatic heterocycles. The van der Waals surface area contributed by atoms with Crippen LogP contribution in [0.2, 0.25) is 0 Å². The summed E-state index contributed by atoms with van der Waals surface area (Å²) >= 11 is 0.301. The quantitative estimate of drug-likeness (QED) is 0.155. The third kappa shape index (κ3) is 6.97. The number of carboxylic acid groups (broad SMARTS) is 1. The van der Waals surface area contributed by atoms with Crippen LogP contribution in [0.15, 0.2) is 75.8 Å². The van der Waals surface area contributed by atoms with E-state index in [1.807, 2.05) is 0 Å². The fourth-order valence-corrected chi connectivity index (χ4v) is 3.05. The molecule has 0 fully saturated rings. The SMILES string of the molecule is C=C\C=C/C=C(C)/C(C(=O)O)=C(/COSN=O)c1ccc(S(C)(=O)=O)cc1. The molecule has 0 aromatic heterocycles. The van der Waals surface area contributed by atoms with Crippen LogP contribution in [-0.4, -0.2) is 32.4 Å². The average Bonchev–Trinajstić information content (AvgIpc) is 2.60. The van der Waals surface area contributed by atoms with E-state index in [1.54, 1.807) is 31.2 Å². The van der Waals surface area contributed by atoms with E-state index in [2.05, 4.69) is 11.2 Å². The first-order chi connectivity index (χ1) is 12.7. The van der Waals surface area contributed by atoms with Crippen molar-refractivity contribution in [2.75, 3.05) is 12.9 Å². The van der Waals surface area contributed by atoms with Crippen molar-refractivity contribution in [1.82, 2.24) is 0 Å². The molecule has 0 saturated heterocycles. The molecule has 0 heterocycles. The molecule has 0 bridgehead atoms. The first-order valence-corrected chi connectivity index (χ1v) is 10.2. The zero-order valence-corrected chi connectivity index (χ0v) is 16.4. The van der Waals surface area contributed by atoms with Crippen LogP contribution >= 0.6 is 12.2 Å². The summed E-state index contributed by atoms with van der Waals surface area (Å²) in [6.07, 6.45) is 7.51. The number of aliphatic carboxylic acids is 1. The highest BCUT2D eigenvalue weighted by Gasteiger charge is 2.19. The van der Waals surface area contributed by atoms with Crippen molar-refractivity contribution in [1.29, 1.82) is 0 Å². The standard InChI is InChI=1S/C18H19NO6S2/c1-4-5-6-7-13(2)17(18(20)21)16(12-25-26-19-22)14-8-10-15(11-9-14)27(3,23)24/h4-11H,1,12H2,2-3H3,(H,20,21)/b6-5-,13-7+,17-16+. The summed E-state index contributed by atoms with van der Waals surface area (Å²) in [5.74, 6) is -1.19. The average molecular weight is 409 g/mol. The maximum atomic E-state index is 11.9. The van der Waals surface area contributed by atoms with E-state index >= 15 is 0 Å². The molecule has 27 heavy (non-hydrogen) atoms. The number of hydrogen-bond donors (Lipinski definition) is 1. The zero-order valence-electron chi connectivity index (χ0n) is 14.8. The number of carboxylic acids is 1. The van der Waals surface area contributed by atoms with Crippen LogP contribution < -0.4 is 0 Å². The molecule has 0 saturated carbocycles. The van der Waals surface area contributed by atoms with Crippen molar-refractivity contribution in [3.63, 3.8) is 0 Å². The molecule has 0 radical (unpaired) electrons. The lowest BCUT2D eigenvalue weighted by Gasteiger charge is -2.13. The summed E-state index contributed by atoms with van der Waals surface area (Å²) in [7, 11) is -3.39. The van der Waals surface area contributed by atoms with E-state index < -0.39 is 15.8 Å². The summed E-state index contributed by atoms with van der Waals surface area (Å²) in [4.78, 5) is 22.2. The van der Waals surface area contributed by atoms with Crippen molar-refractivity contribution in [3.8, 4) is 0 Å². The molecular formula is C18H19NO6S2. The number of allylic oxidation sites excluding steroid dienone is 4. The third-order valence-corrected chi connectivity index (χ3v) is 4.83. The molecule has 0 amide bonds. The van der Waals surface area contributed by atoms with Gasteiger partial charge in [-0.2, -0.15) is 0 Å². The smallest absolute Gasteiger partial charge is 0.336 e.